The van der Waals surface area contributed by atoms with Crippen molar-refractivity contribution >= 4 is 40.2 Å². The lowest BCUT2D eigenvalue weighted by atomic mass is 10.1. The van der Waals surface area contributed by atoms with E-state index in [2.05, 4.69) is 15.3 Å². The molecule has 0 aliphatic rings. The van der Waals surface area contributed by atoms with Crippen LogP contribution in [0.3, 0.4) is 0 Å². The van der Waals surface area contributed by atoms with Gasteiger partial charge in [0.15, 0.2) is 0 Å². The van der Waals surface area contributed by atoms with Crippen LogP contribution in [0.15, 0.2) is 53.6 Å². The van der Waals surface area contributed by atoms with Gasteiger partial charge in [0.1, 0.15) is 10.9 Å². The summed E-state index contributed by atoms with van der Waals surface area (Å²) in [6, 6.07) is 15.2. The maximum atomic E-state index is 12.3. The van der Waals surface area contributed by atoms with Gasteiger partial charge in [-0.3, -0.25) is 4.79 Å². The fraction of sp³-hybridized carbons (Fsp3) is 0.211. The molecule has 0 saturated heterocycles. The van der Waals surface area contributed by atoms with Crippen LogP contribution in [0.1, 0.15) is 24.4 Å². The Morgan fingerprint density at radius 2 is 1.88 bits per heavy atom. The summed E-state index contributed by atoms with van der Waals surface area (Å²) in [5.74, 6) is 0.974. The van der Waals surface area contributed by atoms with Crippen LogP contribution in [-0.2, 0) is 4.79 Å². The lowest BCUT2D eigenvalue weighted by Crippen LogP contribution is -2.28. The first-order valence-electron chi connectivity index (χ1n) is 7.94. The van der Waals surface area contributed by atoms with Crippen molar-refractivity contribution in [2.24, 2.45) is 0 Å². The Labute approximate surface area is 156 Å². The van der Waals surface area contributed by atoms with Crippen molar-refractivity contribution in [2.45, 2.75) is 24.9 Å². The van der Waals surface area contributed by atoms with Crippen molar-refractivity contribution in [1.82, 2.24) is 15.3 Å². The van der Waals surface area contributed by atoms with E-state index in [0.29, 0.717) is 16.6 Å². The SMILES string of the molecule is Cc1nc(SCC(=O)NC(C)c2ccc(Cl)cc2)c2ccccc2n1. The molecule has 0 radical (unpaired) electrons. The molecule has 3 rings (SSSR count). The Morgan fingerprint density at radius 3 is 2.64 bits per heavy atom. The molecule has 4 nitrogen and oxygen atoms in total. The predicted octanol–water partition coefficient (Wildman–Crippen LogP) is 4.56. The van der Waals surface area contributed by atoms with Gasteiger partial charge in [-0.1, -0.05) is 53.7 Å². The van der Waals surface area contributed by atoms with Crippen LogP contribution in [0.25, 0.3) is 10.9 Å². The predicted molar refractivity (Wildman–Crippen MR) is 103 cm³/mol. The number of thioether (sulfide) groups is 1. The molecule has 1 aromatic heterocycles. The van der Waals surface area contributed by atoms with Crippen molar-refractivity contribution in [1.29, 1.82) is 0 Å². The Bertz CT molecular complexity index is 899. The van der Waals surface area contributed by atoms with E-state index in [0.717, 1.165) is 21.5 Å². The highest BCUT2D eigenvalue weighted by molar-refractivity contribution is 8.00. The number of aryl methyl sites for hydroxylation is 1. The molecule has 6 heteroatoms. The number of halogens is 1. The Kier molecular flexibility index (Phi) is 5.56. The minimum Gasteiger partial charge on any atom is -0.349 e. The number of aromatic nitrogens is 2. The third-order valence-corrected chi connectivity index (χ3v) is 5.01. The summed E-state index contributed by atoms with van der Waals surface area (Å²) in [6.45, 7) is 3.81. The molecule has 2 aromatic carbocycles. The van der Waals surface area contributed by atoms with Crippen LogP contribution in [0, 0.1) is 6.92 Å². The molecule has 1 amide bonds. The minimum absolute atomic E-state index is 0.0344. The number of benzene rings is 2. The van der Waals surface area contributed by atoms with E-state index in [1.54, 1.807) is 0 Å². The summed E-state index contributed by atoms with van der Waals surface area (Å²) in [5.41, 5.74) is 1.92. The molecule has 0 aliphatic carbocycles. The number of amides is 1. The van der Waals surface area contributed by atoms with Crippen molar-refractivity contribution in [3.63, 3.8) is 0 Å². The maximum Gasteiger partial charge on any atom is 0.230 e. The second-order valence-corrected chi connectivity index (χ2v) is 7.12. The Hall–Kier alpha value is -2.11. The van der Waals surface area contributed by atoms with Crippen LogP contribution in [-0.4, -0.2) is 21.6 Å². The second kappa shape index (κ2) is 7.85. The van der Waals surface area contributed by atoms with Gasteiger partial charge in [-0.2, -0.15) is 0 Å². The van der Waals surface area contributed by atoms with Crippen molar-refractivity contribution in [3.8, 4) is 0 Å². The average molecular weight is 372 g/mol. The first-order chi connectivity index (χ1) is 12.0. The second-order valence-electron chi connectivity index (χ2n) is 5.72. The number of carbonyl (C=O) groups excluding carboxylic acids is 1. The molecule has 0 bridgehead atoms. The van der Waals surface area contributed by atoms with Gasteiger partial charge < -0.3 is 5.32 Å². The number of rotatable bonds is 5. The van der Waals surface area contributed by atoms with Gasteiger partial charge in [0.2, 0.25) is 5.91 Å². The van der Waals surface area contributed by atoms with E-state index in [9.17, 15) is 4.79 Å². The molecule has 0 saturated carbocycles. The van der Waals surface area contributed by atoms with Crippen LogP contribution >= 0.6 is 23.4 Å². The number of hydrogen-bond donors (Lipinski definition) is 1. The molecule has 128 valence electrons. The largest absolute Gasteiger partial charge is 0.349 e. The molecule has 1 heterocycles. The third-order valence-electron chi connectivity index (χ3n) is 3.77. The molecular formula is C19H18ClN3OS. The van der Waals surface area contributed by atoms with Gasteiger partial charge in [-0.15, -0.1) is 0 Å². The summed E-state index contributed by atoms with van der Waals surface area (Å²) < 4.78 is 0. The highest BCUT2D eigenvalue weighted by atomic mass is 35.5. The van der Waals surface area contributed by atoms with Crippen molar-refractivity contribution in [2.75, 3.05) is 5.75 Å². The molecule has 0 fully saturated rings. The smallest absolute Gasteiger partial charge is 0.230 e. The van der Waals surface area contributed by atoms with Crippen LogP contribution < -0.4 is 5.32 Å². The highest BCUT2D eigenvalue weighted by Crippen LogP contribution is 2.25. The van der Waals surface area contributed by atoms with Crippen molar-refractivity contribution < 1.29 is 4.79 Å². The third kappa shape index (κ3) is 4.50. The van der Waals surface area contributed by atoms with E-state index in [1.165, 1.54) is 11.8 Å². The summed E-state index contributed by atoms with van der Waals surface area (Å²) in [5, 5.41) is 5.49. The zero-order valence-corrected chi connectivity index (χ0v) is 15.6. The normalized spacial score (nSPS) is 12.1. The molecule has 1 unspecified atom stereocenters. The summed E-state index contributed by atoms with van der Waals surface area (Å²) >= 11 is 7.32. The molecule has 1 N–H and O–H groups in total. The number of fused-ring (bicyclic) bond motifs is 1. The lowest BCUT2D eigenvalue weighted by Gasteiger charge is -2.14. The van der Waals surface area contributed by atoms with Crippen LogP contribution in [0.2, 0.25) is 5.02 Å². The van der Waals surface area contributed by atoms with E-state index in [4.69, 9.17) is 11.6 Å². The van der Waals surface area contributed by atoms with Gasteiger partial charge in [0.25, 0.3) is 0 Å². The number of hydrogen-bond acceptors (Lipinski definition) is 4. The Balaban J connectivity index is 1.65. The first kappa shape index (κ1) is 17.7. The van der Waals surface area contributed by atoms with E-state index in [-0.39, 0.29) is 11.9 Å². The van der Waals surface area contributed by atoms with E-state index >= 15 is 0 Å². The monoisotopic (exact) mass is 371 g/mol. The van der Waals surface area contributed by atoms with Gasteiger partial charge in [0.05, 0.1) is 17.3 Å². The Morgan fingerprint density at radius 1 is 1.16 bits per heavy atom. The topological polar surface area (TPSA) is 54.9 Å². The van der Waals surface area contributed by atoms with E-state index < -0.39 is 0 Å². The number of para-hydroxylation sites is 1. The molecule has 1 atom stereocenters. The highest BCUT2D eigenvalue weighted by Gasteiger charge is 2.12. The van der Waals surface area contributed by atoms with Crippen LogP contribution in [0.5, 0.6) is 0 Å². The first-order valence-corrected chi connectivity index (χ1v) is 9.30. The van der Waals surface area contributed by atoms with Crippen LogP contribution in [0.4, 0.5) is 0 Å². The summed E-state index contributed by atoms with van der Waals surface area (Å²) in [7, 11) is 0. The van der Waals surface area contributed by atoms with E-state index in [1.807, 2.05) is 62.4 Å². The van der Waals surface area contributed by atoms with Crippen molar-refractivity contribution in [3.05, 3.63) is 64.9 Å². The van der Waals surface area contributed by atoms with Gasteiger partial charge in [-0.05, 0) is 37.6 Å². The quantitative estimate of drug-likeness (QED) is 0.527. The molecule has 3 aromatic rings. The number of nitrogens with zero attached hydrogens (tertiary/aromatic N) is 2. The maximum absolute atomic E-state index is 12.3. The molecule has 0 aliphatic heterocycles. The molecule has 25 heavy (non-hydrogen) atoms. The summed E-state index contributed by atoms with van der Waals surface area (Å²) in [6.07, 6.45) is 0. The average Bonchev–Trinajstić information content (AvgIpc) is 2.60. The van der Waals surface area contributed by atoms with Gasteiger partial charge >= 0.3 is 0 Å². The molecule has 0 spiro atoms. The molecular weight excluding hydrogens is 354 g/mol. The zero-order valence-electron chi connectivity index (χ0n) is 14.0. The fourth-order valence-electron chi connectivity index (χ4n) is 2.52. The number of carbonyl (C=O) groups is 1. The minimum atomic E-state index is -0.0748. The lowest BCUT2D eigenvalue weighted by molar-refractivity contribution is -0.119. The van der Waals surface area contributed by atoms with Gasteiger partial charge in [0, 0.05) is 10.4 Å². The standard InChI is InChI=1S/C19H18ClN3OS/c1-12(14-7-9-15(20)10-8-14)21-18(24)11-25-19-16-5-3-4-6-17(16)22-13(2)23-19/h3-10,12H,11H2,1-2H3,(H,21,24). The zero-order chi connectivity index (χ0) is 17.8. The number of nitrogens with one attached hydrogen (secondary N) is 1. The van der Waals surface area contributed by atoms with Gasteiger partial charge in [-0.25, -0.2) is 9.97 Å². The summed E-state index contributed by atoms with van der Waals surface area (Å²) in [4.78, 5) is 21.2. The fourth-order valence-corrected chi connectivity index (χ4v) is 3.52.